The number of hydrogen-bond acceptors (Lipinski definition) is 4. The molecule has 0 unspecified atom stereocenters. The van der Waals surface area contributed by atoms with Gasteiger partial charge in [0.05, 0.1) is 12.2 Å². The summed E-state index contributed by atoms with van der Waals surface area (Å²) in [7, 11) is 1.66. The number of nitrogens with one attached hydrogen (secondary N) is 2. The van der Waals surface area contributed by atoms with Gasteiger partial charge in [0, 0.05) is 26.4 Å². The normalized spacial score (nSPS) is 14.3. The molecule has 0 atom stereocenters. The van der Waals surface area contributed by atoms with Gasteiger partial charge in [-0.15, -0.1) is 0 Å². The molecule has 2 N–H and O–H groups in total. The lowest BCUT2D eigenvalue weighted by atomic mass is 9.97. The van der Waals surface area contributed by atoms with Gasteiger partial charge in [0.15, 0.2) is 0 Å². The number of allylic oxidation sites excluding steroid dienone is 1. The lowest BCUT2D eigenvalue weighted by Gasteiger charge is -2.13. The summed E-state index contributed by atoms with van der Waals surface area (Å²) in [5, 5.41) is 6.08. The molecule has 2 rings (SSSR count). The highest BCUT2D eigenvalue weighted by molar-refractivity contribution is 5.94. The van der Waals surface area contributed by atoms with E-state index in [1.165, 1.54) is 31.3 Å². The Morgan fingerprint density at radius 1 is 1.32 bits per heavy atom. The van der Waals surface area contributed by atoms with Gasteiger partial charge in [-0.1, -0.05) is 11.6 Å². The molecule has 0 bridgehead atoms. The van der Waals surface area contributed by atoms with Crippen molar-refractivity contribution in [2.45, 2.75) is 32.1 Å². The molecule has 22 heavy (non-hydrogen) atoms. The van der Waals surface area contributed by atoms with Crippen LogP contribution in [-0.2, 0) is 4.74 Å². The fraction of sp³-hybridized carbons (Fsp3) is 0.529. The second kappa shape index (κ2) is 9.20. The zero-order chi connectivity index (χ0) is 15.6. The molecule has 1 amide bonds. The average Bonchev–Trinajstić information content (AvgIpc) is 2.56. The van der Waals surface area contributed by atoms with Gasteiger partial charge < -0.3 is 15.4 Å². The Labute approximate surface area is 132 Å². The van der Waals surface area contributed by atoms with Gasteiger partial charge >= 0.3 is 0 Å². The third-order valence-electron chi connectivity index (χ3n) is 3.75. The molecule has 0 fully saturated rings. The number of carbonyl (C=O) groups excluding carboxylic acids is 1. The zero-order valence-electron chi connectivity index (χ0n) is 13.2. The quantitative estimate of drug-likeness (QED) is 0.572. The van der Waals surface area contributed by atoms with Gasteiger partial charge in [-0.3, -0.25) is 4.79 Å². The maximum Gasteiger partial charge on any atom is 0.252 e. The van der Waals surface area contributed by atoms with Crippen LogP contribution in [0.15, 0.2) is 30.0 Å². The van der Waals surface area contributed by atoms with Crippen LogP contribution in [0.25, 0.3) is 0 Å². The van der Waals surface area contributed by atoms with Crippen molar-refractivity contribution in [2.75, 3.05) is 32.1 Å². The average molecular weight is 303 g/mol. The number of amides is 1. The smallest absolute Gasteiger partial charge is 0.252 e. The standard InChI is InChI=1S/C17H25N3O2/c1-22-12-11-18-16-8-7-15(13-20-16)17(21)19-10-9-14-5-3-2-4-6-14/h5,7-8,13H,2-4,6,9-12H2,1H3,(H,18,20)(H,19,21). The number of nitrogens with zero attached hydrogens (tertiary/aromatic N) is 1. The van der Waals surface area contributed by atoms with Crippen LogP contribution in [0.3, 0.4) is 0 Å². The summed E-state index contributed by atoms with van der Waals surface area (Å²) in [5.41, 5.74) is 2.07. The lowest BCUT2D eigenvalue weighted by Crippen LogP contribution is -2.25. The summed E-state index contributed by atoms with van der Waals surface area (Å²) < 4.78 is 4.96. The van der Waals surface area contributed by atoms with Gasteiger partial charge in [0.1, 0.15) is 5.82 Å². The molecule has 5 nitrogen and oxygen atoms in total. The van der Waals surface area contributed by atoms with Crippen molar-refractivity contribution in [2.24, 2.45) is 0 Å². The molecule has 0 aliphatic heterocycles. The minimum atomic E-state index is -0.0626. The van der Waals surface area contributed by atoms with Gasteiger partial charge in [0.25, 0.3) is 5.91 Å². The van der Waals surface area contributed by atoms with Crippen LogP contribution in [0.4, 0.5) is 5.82 Å². The highest BCUT2D eigenvalue weighted by Crippen LogP contribution is 2.19. The van der Waals surface area contributed by atoms with Crippen molar-refractivity contribution in [1.82, 2.24) is 10.3 Å². The van der Waals surface area contributed by atoms with E-state index in [9.17, 15) is 4.79 Å². The van der Waals surface area contributed by atoms with Gasteiger partial charge in [-0.05, 0) is 44.2 Å². The summed E-state index contributed by atoms with van der Waals surface area (Å²) in [5.74, 6) is 0.688. The molecule has 0 aromatic carbocycles. The van der Waals surface area contributed by atoms with E-state index in [-0.39, 0.29) is 5.91 Å². The third-order valence-corrected chi connectivity index (χ3v) is 3.75. The first-order chi connectivity index (χ1) is 10.8. The molecular weight excluding hydrogens is 278 g/mol. The van der Waals surface area contributed by atoms with Crippen LogP contribution in [0, 0.1) is 0 Å². The van der Waals surface area contributed by atoms with Crippen molar-refractivity contribution >= 4 is 11.7 Å². The number of pyridine rings is 1. The fourth-order valence-electron chi connectivity index (χ4n) is 2.48. The predicted molar refractivity (Wildman–Crippen MR) is 88.1 cm³/mol. The Morgan fingerprint density at radius 2 is 2.23 bits per heavy atom. The number of carbonyl (C=O) groups is 1. The first-order valence-electron chi connectivity index (χ1n) is 7.94. The van der Waals surface area contributed by atoms with Crippen LogP contribution < -0.4 is 10.6 Å². The number of aromatic nitrogens is 1. The molecule has 1 heterocycles. The van der Waals surface area contributed by atoms with Crippen LogP contribution in [0.2, 0.25) is 0 Å². The second-order valence-corrected chi connectivity index (χ2v) is 5.47. The molecule has 1 aliphatic rings. The van der Waals surface area contributed by atoms with E-state index in [1.54, 1.807) is 19.4 Å². The van der Waals surface area contributed by atoms with E-state index in [2.05, 4.69) is 21.7 Å². The molecule has 5 heteroatoms. The molecule has 0 saturated heterocycles. The maximum absolute atomic E-state index is 12.0. The SMILES string of the molecule is COCCNc1ccc(C(=O)NCCC2=CCCCC2)cn1. The lowest BCUT2D eigenvalue weighted by molar-refractivity contribution is 0.0953. The van der Waals surface area contributed by atoms with E-state index in [0.717, 1.165) is 12.2 Å². The Balaban J connectivity index is 1.73. The summed E-state index contributed by atoms with van der Waals surface area (Å²) in [6.45, 7) is 2.02. The number of rotatable bonds is 8. The highest BCUT2D eigenvalue weighted by Gasteiger charge is 2.07. The van der Waals surface area contributed by atoms with E-state index >= 15 is 0 Å². The predicted octanol–water partition coefficient (Wildman–Crippen LogP) is 2.76. The Morgan fingerprint density at radius 3 is 2.91 bits per heavy atom. The monoisotopic (exact) mass is 303 g/mol. The largest absolute Gasteiger partial charge is 0.383 e. The van der Waals surface area contributed by atoms with Gasteiger partial charge in [0.2, 0.25) is 0 Å². The van der Waals surface area contributed by atoms with Gasteiger partial charge in [-0.25, -0.2) is 4.98 Å². The minimum Gasteiger partial charge on any atom is -0.383 e. The first-order valence-corrected chi connectivity index (χ1v) is 7.94. The van der Waals surface area contributed by atoms with Crippen molar-refractivity contribution in [3.8, 4) is 0 Å². The molecule has 0 spiro atoms. The van der Waals surface area contributed by atoms with E-state index in [4.69, 9.17) is 4.74 Å². The number of hydrogen-bond donors (Lipinski definition) is 2. The molecule has 0 saturated carbocycles. The van der Waals surface area contributed by atoms with E-state index in [0.29, 0.717) is 25.3 Å². The molecule has 120 valence electrons. The summed E-state index contributed by atoms with van der Waals surface area (Å²) in [4.78, 5) is 16.3. The molecule has 1 aliphatic carbocycles. The summed E-state index contributed by atoms with van der Waals surface area (Å²) >= 11 is 0. The second-order valence-electron chi connectivity index (χ2n) is 5.47. The van der Waals surface area contributed by atoms with Crippen LogP contribution in [-0.4, -0.2) is 37.7 Å². The third kappa shape index (κ3) is 5.48. The van der Waals surface area contributed by atoms with Crippen LogP contribution >= 0.6 is 0 Å². The molecule has 1 aromatic heterocycles. The summed E-state index contributed by atoms with van der Waals surface area (Å²) in [6.07, 6.45) is 9.81. The van der Waals surface area contributed by atoms with E-state index < -0.39 is 0 Å². The van der Waals surface area contributed by atoms with E-state index in [1.807, 2.05) is 6.07 Å². The molecule has 0 radical (unpaired) electrons. The number of anilines is 1. The fourth-order valence-corrected chi connectivity index (χ4v) is 2.48. The zero-order valence-corrected chi connectivity index (χ0v) is 13.2. The van der Waals surface area contributed by atoms with Crippen molar-refractivity contribution in [3.05, 3.63) is 35.5 Å². The maximum atomic E-state index is 12.0. The van der Waals surface area contributed by atoms with Crippen LogP contribution in [0.5, 0.6) is 0 Å². The molecular formula is C17H25N3O2. The number of methoxy groups -OCH3 is 1. The van der Waals surface area contributed by atoms with Crippen molar-refractivity contribution in [1.29, 1.82) is 0 Å². The van der Waals surface area contributed by atoms with Gasteiger partial charge in [-0.2, -0.15) is 0 Å². The Hall–Kier alpha value is -1.88. The Kier molecular flexibility index (Phi) is 6.90. The number of ether oxygens (including phenoxy) is 1. The van der Waals surface area contributed by atoms with Crippen molar-refractivity contribution in [3.63, 3.8) is 0 Å². The Bertz CT molecular complexity index is 497. The topological polar surface area (TPSA) is 63.2 Å². The highest BCUT2D eigenvalue weighted by atomic mass is 16.5. The first kappa shape index (κ1) is 16.5. The molecule has 1 aromatic rings. The van der Waals surface area contributed by atoms with Crippen LogP contribution in [0.1, 0.15) is 42.5 Å². The summed E-state index contributed by atoms with van der Waals surface area (Å²) in [6, 6.07) is 3.60. The minimum absolute atomic E-state index is 0.0626. The van der Waals surface area contributed by atoms with Crippen molar-refractivity contribution < 1.29 is 9.53 Å².